The quantitative estimate of drug-likeness (QED) is 0.623. The van der Waals surface area contributed by atoms with Crippen molar-refractivity contribution >= 4 is 11.6 Å². The van der Waals surface area contributed by atoms with Crippen molar-refractivity contribution in [1.29, 1.82) is 0 Å². The SMILES string of the molecule is C[C@@]12O[C@@H](C(=O)C13CC3)C1(C=CC(=O)C=C1)O2. The number of carbonyl (C=O) groups is 2. The summed E-state index contributed by atoms with van der Waals surface area (Å²) in [6.07, 6.45) is 7.30. The lowest BCUT2D eigenvalue weighted by Gasteiger charge is -2.36. The Balaban J connectivity index is 1.81. The molecule has 4 aliphatic rings. The van der Waals surface area contributed by atoms with Crippen LogP contribution in [0.4, 0.5) is 0 Å². The van der Waals surface area contributed by atoms with Gasteiger partial charge in [0.1, 0.15) is 5.60 Å². The van der Waals surface area contributed by atoms with Crippen molar-refractivity contribution in [3.05, 3.63) is 24.3 Å². The Morgan fingerprint density at radius 1 is 1.24 bits per heavy atom. The molecule has 2 bridgehead atoms. The van der Waals surface area contributed by atoms with E-state index >= 15 is 0 Å². The van der Waals surface area contributed by atoms with Gasteiger partial charge in [-0.3, -0.25) is 9.59 Å². The standard InChI is InChI=1S/C13H12O4/c1-11-12(6-7-12)9(15)10(16-11)13(17-11)4-2-8(14)3-5-13/h2-5,10H,6-7H2,1H3/t10-,11-/m0/s1. The molecule has 0 N–H and O–H groups in total. The second-order valence-corrected chi connectivity index (χ2v) is 5.41. The number of fused-ring (bicyclic) bond motifs is 4. The average Bonchev–Trinajstić information content (AvgIpc) is 3.01. The van der Waals surface area contributed by atoms with Crippen molar-refractivity contribution in [3.8, 4) is 0 Å². The number of allylic oxidation sites excluding steroid dienone is 2. The van der Waals surface area contributed by atoms with Crippen LogP contribution in [0.1, 0.15) is 19.8 Å². The van der Waals surface area contributed by atoms with Crippen LogP contribution < -0.4 is 0 Å². The van der Waals surface area contributed by atoms with Gasteiger partial charge in [-0.25, -0.2) is 0 Å². The molecule has 0 aromatic carbocycles. The van der Waals surface area contributed by atoms with Gasteiger partial charge in [-0.05, 0) is 44.1 Å². The topological polar surface area (TPSA) is 52.6 Å². The predicted molar refractivity (Wildman–Crippen MR) is 57.1 cm³/mol. The molecule has 4 rings (SSSR count). The second-order valence-electron chi connectivity index (χ2n) is 5.41. The van der Waals surface area contributed by atoms with Gasteiger partial charge >= 0.3 is 0 Å². The molecule has 0 unspecified atom stereocenters. The van der Waals surface area contributed by atoms with Crippen molar-refractivity contribution in [1.82, 2.24) is 0 Å². The van der Waals surface area contributed by atoms with E-state index in [4.69, 9.17) is 9.47 Å². The van der Waals surface area contributed by atoms with Gasteiger partial charge in [0.05, 0.1) is 5.41 Å². The fraction of sp³-hybridized carbons (Fsp3) is 0.538. The molecule has 2 aliphatic carbocycles. The minimum atomic E-state index is -0.854. The first-order valence-corrected chi connectivity index (χ1v) is 5.86. The number of hydrogen-bond acceptors (Lipinski definition) is 4. The van der Waals surface area contributed by atoms with Gasteiger partial charge < -0.3 is 9.47 Å². The van der Waals surface area contributed by atoms with Crippen LogP contribution in [0.2, 0.25) is 0 Å². The molecule has 0 aromatic rings. The van der Waals surface area contributed by atoms with Crippen LogP contribution in [-0.2, 0) is 19.1 Å². The van der Waals surface area contributed by atoms with E-state index in [1.807, 2.05) is 6.92 Å². The predicted octanol–water partition coefficient (Wildman–Crippen LogP) is 0.915. The molecule has 2 saturated heterocycles. The number of ketones is 2. The maximum Gasteiger partial charge on any atom is 0.180 e. The molecule has 88 valence electrons. The Bertz CT molecular complexity index is 496. The molecule has 2 spiro atoms. The normalized spacial score (nSPS) is 43.0. The summed E-state index contributed by atoms with van der Waals surface area (Å²) in [5, 5.41) is 0. The number of carbonyl (C=O) groups excluding carboxylic acids is 2. The Hall–Kier alpha value is -1.26. The maximum absolute atomic E-state index is 12.4. The van der Waals surface area contributed by atoms with Crippen molar-refractivity contribution in [2.24, 2.45) is 5.41 Å². The third-order valence-corrected chi connectivity index (χ3v) is 4.47. The van der Waals surface area contributed by atoms with Gasteiger partial charge in [0.25, 0.3) is 0 Å². The van der Waals surface area contributed by atoms with E-state index in [2.05, 4.69) is 0 Å². The van der Waals surface area contributed by atoms with E-state index in [1.54, 1.807) is 12.2 Å². The highest BCUT2D eigenvalue weighted by atomic mass is 16.8. The summed E-state index contributed by atoms with van der Waals surface area (Å²) >= 11 is 0. The van der Waals surface area contributed by atoms with Crippen LogP contribution >= 0.6 is 0 Å². The summed E-state index contributed by atoms with van der Waals surface area (Å²) < 4.78 is 11.8. The highest BCUT2D eigenvalue weighted by Crippen LogP contribution is 2.68. The van der Waals surface area contributed by atoms with E-state index in [9.17, 15) is 9.59 Å². The molecule has 2 atom stereocenters. The zero-order valence-electron chi connectivity index (χ0n) is 9.43. The Kier molecular flexibility index (Phi) is 1.40. The van der Waals surface area contributed by atoms with E-state index < -0.39 is 22.9 Å². The highest BCUT2D eigenvalue weighted by molar-refractivity contribution is 6.02. The average molecular weight is 232 g/mol. The lowest BCUT2D eigenvalue weighted by atomic mass is 9.80. The van der Waals surface area contributed by atoms with Gasteiger partial charge in [0, 0.05) is 0 Å². The van der Waals surface area contributed by atoms with Crippen LogP contribution in [0.5, 0.6) is 0 Å². The van der Waals surface area contributed by atoms with Crippen molar-refractivity contribution in [3.63, 3.8) is 0 Å². The first kappa shape index (κ1) is 9.74. The lowest BCUT2D eigenvalue weighted by Crippen LogP contribution is -2.52. The number of ether oxygens (including phenoxy) is 2. The highest BCUT2D eigenvalue weighted by Gasteiger charge is 2.79. The summed E-state index contributed by atoms with van der Waals surface area (Å²) in [7, 11) is 0. The molecule has 1 saturated carbocycles. The van der Waals surface area contributed by atoms with Crippen LogP contribution in [0, 0.1) is 5.41 Å². The molecule has 3 fully saturated rings. The Labute approximate surface area is 98.3 Å². The first-order valence-electron chi connectivity index (χ1n) is 5.86. The fourth-order valence-corrected chi connectivity index (χ4v) is 3.28. The van der Waals surface area contributed by atoms with Gasteiger partial charge in [-0.15, -0.1) is 0 Å². The van der Waals surface area contributed by atoms with E-state index in [0.717, 1.165) is 12.8 Å². The molecule has 0 aromatic heterocycles. The zero-order valence-corrected chi connectivity index (χ0v) is 9.43. The number of rotatable bonds is 0. The van der Waals surface area contributed by atoms with Crippen LogP contribution in [0.3, 0.4) is 0 Å². The maximum atomic E-state index is 12.4. The summed E-state index contributed by atoms with van der Waals surface area (Å²) in [4.78, 5) is 23.5. The molecular weight excluding hydrogens is 220 g/mol. The molecular formula is C13H12O4. The van der Waals surface area contributed by atoms with Crippen molar-refractivity contribution in [2.75, 3.05) is 0 Å². The molecule has 17 heavy (non-hydrogen) atoms. The lowest BCUT2D eigenvalue weighted by molar-refractivity contribution is -0.190. The molecule has 4 heteroatoms. The van der Waals surface area contributed by atoms with Gasteiger partial charge in [-0.2, -0.15) is 0 Å². The fourth-order valence-electron chi connectivity index (χ4n) is 3.28. The van der Waals surface area contributed by atoms with E-state index in [1.165, 1.54) is 12.2 Å². The second kappa shape index (κ2) is 2.44. The zero-order chi connectivity index (χ0) is 11.9. The van der Waals surface area contributed by atoms with Gasteiger partial charge in [-0.1, -0.05) is 0 Å². The Morgan fingerprint density at radius 2 is 1.88 bits per heavy atom. The van der Waals surface area contributed by atoms with Gasteiger partial charge in [0.15, 0.2) is 23.5 Å². The monoisotopic (exact) mass is 232 g/mol. The molecule has 0 amide bonds. The summed E-state index contributed by atoms with van der Waals surface area (Å²) in [6.45, 7) is 1.84. The minimum Gasteiger partial charge on any atom is -0.334 e. The Morgan fingerprint density at radius 3 is 2.41 bits per heavy atom. The molecule has 2 aliphatic heterocycles. The van der Waals surface area contributed by atoms with Crippen molar-refractivity contribution < 1.29 is 19.1 Å². The summed E-state index contributed by atoms with van der Waals surface area (Å²) in [5.74, 6) is -0.764. The molecule has 0 radical (unpaired) electrons. The third-order valence-electron chi connectivity index (χ3n) is 4.47. The third kappa shape index (κ3) is 0.894. The largest absolute Gasteiger partial charge is 0.334 e. The minimum absolute atomic E-state index is 0.0827. The summed E-state index contributed by atoms with van der Waals surface area (Å²) in [6, 6.07) is 0. The smallest absolute Gasteiger partial charge is 0.180 e. The van der Waals surface area contributed by atoms with Gasteiger partial charge in [0.2, 0.25) is 0 Å². The van der Waals surface area contributed by atoms with Crippen molar-refractivity contribution in [2.45, 2.75) is 37.3 Å². The van der Waals surface area contributed by atoms with Crippen LogP contribution in [0.15, 0.2) is 24.3 Å². The summed E-state index contributed by atoms with van der Waals surface area (Å²) in [5.41, 5.74) is -1.26. The molecule has 4 nitrogen and oxygen atoms in total. The first-order chi connectivity index (χ1) is 8.02. The number of Topliss-reactive ketones (excluding diaryl/α,β-unsaturated/α-hetero) is 1. The number of hydrogen-bond donors (Lipinski definition) is 0. The van der Waals surface area contributed by atoms with E-state index in [0.29, 0.717) is 0 Å². The van der Waals surface area contributed by atoms with Crippen LogP contribution in [-0.4, -0.2) is 29.1 Å². The van der Waals surface area contributed by atoms with Crippen LogP contribution in [0.25, 0.3) is 0 Å². The van der Waals surface area contributed by atoms with E-state index in [-0.39, 0.29) is 11.6 Å². The molecule has 2 heterocycles.